The lowest BCUT2D eigenvalue weighted by Crippen LogP contribution is -2.01. The van der Waals surface area contributed by atoms with Gasteiger partial charge in [-0.15, -0.1) is 0 Å². The molecule has 0 saturated carbocycles. The minimum atomic E-state index is 0.789. The predicted octanol–water partition coefficient (Wildman–Crippen LogP) is 6.21. The van der Waals surface area contributed by atoms with Gasteiger partial charge in [-0.1, -0.05) is 103 Å². The molecule has 1 heteroatoms. The molecule has 0 N–H and O–H groups in total. The Morgan fingerprint density at radius 3 is 1.65 bits per heavy atom. The summed E-state index contributed by atoms with van der Waals surface area (Å²) >= 11 is 0. The van der Waals surface area contributed by atoms with E-state index in [0.29, 0.717) is 0 Å². The predicted molar refractivity (Wildman–Crippen MR) is 114 cm³/mol. The number of hydrogen-bond acceptors (Lipinski definition) is 0. The van der Waals surface area contributed by atoms with Gasteiger partial charge in [0.05, 0.1) is 0 Å². The van der Waals surface area contributed by atoms with Crippen molar-refractivity contribution in [3.8, 4) is 0 Å². The second kappa shape index (κ2) is 9.00. The molecule has 0 heterocycles. The Labute approximate surface area is 161 Å². The van der Waals surface area contributed by atoms with E-state index in [1.54, 1.807) is 0 Å². The second-order valence-electron chi connectivity index (χ2n) is 7.52. The molecule has 3 aromatic carbocycles. The van der Waals surface area contributed by atoms with Gasteiger partial charge in [-0.2, -0.15) is 0 Å². The van der Waals surface area contributed by atoms with Crippen LogP contribution in [0.15, 0.2) is 72.8 Å². The topological polar surface area (TPSA) is 0 Å². The standard InChI is InChI=1S/C25H28Si/c1-19(2)26-18-25-12-6-11-24(17-25)16-23-10-5-9-22(15-23)14-21-8-4-7-20(3)13-21/h4-13,15,17,19H,14,16,18H2,1-3H3. The van der Waals surface area contributed by atoms with Crippen LogP contribution < -0.4 is 0 Å². The lowest BCUT2D eigenvalue weighted by Gasteiger charge is -2.09. The molecule has 0 nitrogen and oxygen atoms in total. The molecule has 26 heavy (non-hydrogen) atoms. The third-order valence-corrected chi connectivity index (χ3v) is 6.03. The highest BCUT2D eigenvalue weighted by Gasteiger charge is 2.03. The average Bonchev–Trinajstić information content (AvgIpc) is 2.61. The molecule has 0 aliphatic carbocycles. The molecule has 0 atom stereocenters. The van der Waals surface area contributed by atoms with Crippen LogP contribution >= 0.6 is 0 Å². The first-order valence-corrected chi connectivity index (χ1v) is 10.8. The molecule has 0 unspecified atom stereocenters. The largest absolute Gasteiger partial charge is 0.0656 e. The Morgan fingerprint density at radius 1 is 0.654 bits per heavy atom. The van der Waals surface area contributed by atoms with E-state index in [-0.39, 0.29) is 0 Å². The average molecular weight is 357 g/mol. The van der Waals surface area contributed by atoms with E-state index in [1.165, 1.54) is 39.4 Å². The normalized spacial score (nSPS) is 11.1. The molecule has 0 fully saturated rings. The summed E-state index contributed by atoms with van der Waals surface area (Å²) in [5, 5.41) is 0. The van der Waals surface area contributed by atoms with Gasteiger partial charge >= 0.3 is 0 Å². The molecule has 3 rings (SSSR count). The van der Waals surface area contributed by atoms with Crippen molar-refractivity contribution in [1.29, 1.82) is 0 Å². The molecule has 0 saturated heterocycles. The summed E-state index contributed by atoms with van der Waals surface area (Å²) in [6.07, 6.45) is 2.02. The Bertz CT molecular complexity index is 848. The summed E-state index contributed by atoms with van der Waals surface area (Å²) in [7, 11) is 1.01. The minimum Gasteiger partial charge on any atom is -0.0656 e. The molecule has 0 aromatic heterocycles. The van der Waals surface area contributed by atoms with Gasteiger partial charge in [-0.05, 0) is 48.1 Å². The Morgan fingerprint density at radius 2 is 1.12 bits per heavy atom. The van der Waals surface area contributed by atoms with Crippen molar-refractivity contribution < 1.29 is 0 Å². The van der Waals surface area contributed by atoms with Crippen LogP contribution in [-0.4, -0.2) is 9.52 Å². The van der Waals surface area contributed by atoms with Crippen LogP contribution in [0, 0.1) is 6.92 Å². The van der Waals surface area contributed by atoms with Crippen LogP contribution in [0.4, 0.5) is 0 Å². The molecule has 0 bridgehead atoms. The first-order valence-electron chi connectivity index (χ1n) is 9.53. The van der Waals surface area contributed by atoms with Crippen molar-refractivity contribution in [2.24, 2.45) is 0 Å². The third kappa shape index (κ3) is 5.71. The highest BCUT2D eigenvalue weighted by molar-refractivity contribution is 6.36. The molecular weight excluding hydrogens is 328 g/mol. The first kappa shape index (κ1) is 18.7. The lowest BCUT2D eigenvalue weighted by atomic mass is 9.98. The van der Waals surface area contributed by atoms with Gasteiger partial charge in [0, 0.05) is 9.52 Å². The van der Waals surface area contributed by atoms with Gasteiger partial charge in [0.25, 0.3) is 0 Å². The lowest BCUT2D eigenvalue weighted by molar-refractivity contribution is 1.04. The number of hydrogen-bond donors (Lipinski definition) is 0. The Hall–Kier alpha value is -2.12. The van der Waals surface area contributed by atoms with Gasteiger partial charge in [0.2, 0.25) is 0 Å². The fourth-order valence-electron chi connectivity index (χ4n) is 3.31. The van der Waals surface area contributed by atoms with Gasteiger partial charge in [-0.3, -0.25) is 0 Å². The van der Waals surface area contributed by atoms with Crippen LogP contribution in [0.5, 0.6) is 0 Å². The quantitative estimate of drug-likeness (QED) is 0.442. The molecular formula is C25H28Si. The van der Waals surface area contributed by atoms with Crippen molar-refractivity contribution in [1.82, 2.24) is 0 Å². The van der Waals surface area contributed by atoms with Crippen LogP contribution in [0.2, 0.25) is 5.54 Å². The van der Waals surface area contributed by atoms with E-state index in [2.05, 4.69) is 93.6 Å². The van der Waals surface area contributed by atoms with E-state index in [1.807, 2.05) is 0 Å². The van der Waals surface area contributed by atoms with Crippen molar-refractivity contribution in [2.75, 3.05) is 0 Å². The fourth-order valence-corrected chi connectivity index (χ4v) is 4.18. The summed E-state index contributed by atoms with van der Waals surface area (Å²) in [5.74, 6) is 0. The smallest absolute Gasteiger partial charge is 0.0457 e. The number of aryl methyl sites for hydroxylation is 1. The van der Waals surface area contributed by atoms with Crippen molar-refractivity contribution in [2.45, 2.75) is 45.2 Å². The van der Waals surface area contributed by atoms with Crippen LogP contribution in [0.1, 0.15) is 47.2 Å². The summed E-state index contributed by atoms with van der Waals surface area (Å²) in [6.45, 7) is 6.77. The monoisotopic (exact) mass is 356 g/mol. The van der Waals surface area contributed by atoms with E-state index in [4.69, 9.17) is 0 Å². The number of benzene rings is 3. The van der Waals surface area contributed by atoms with E-state index in [0.717, 1.165) is 27.9 Å². The third-order valence-electron chi connectivity index (χ3n) is 4.60. The van der Waals surface area contributed by atoms with Gasteiger partial charge < -0.3 is 0 Å². The van der Waals surface area contributed by atoms with Crippen molar-refractivity contribution in [3.63, 3.8) is 0 Å². The van der Waals surface area contributed by atoms with Crippen molar-refractivity contribution in [3.05, 3.63) is 106 Å². The minimum absolute atomic E-state index is 0.789. The SMILES string of the molecule is Cc1cccc(Cc2cccc(Cc3cccc(C[Si]C(C)C)c3)c2)c1. The molecule has 2 radical (unpaired) electrons. The molecule has 0 aliphatic rings. The number of rotatable bonds is 7. The maximum atomic E-state index is 2.39. The molecule has 0 spiro atoms. The summed E-state index contributed by atoms with van der Waals surface area (Å²) in [4.78, 5) is 0. The zero-order valence-electron chi connectivity index (χ0n) is 16.1. The first-order chi connectivity index (χ1) is 12.6. The maximum Gasteiger partial charge on any atom is 0.0457 e. The molecule has 132 valence electrons. The van der Waals surface area contributed by atoms with E-state index >= 15 is 0 Å². The van der Waals surface area contributed by atoms with Crippen LogP contribution in [0.25, 0.3) is 0 Å². The second-order valence-corrected chi connectivity index (χ2v) is 9.43. The Balaban J connectivity index is 1.69. The molecule has 3 aromatic rings. The maximum absolute atomic E-state index is 2.39. The molecule has 0 aliphatic heterocycles. The van der Waals surface area contributed by atoms with E-state index < -0.39 is 0 Å². The van der Waals surface area contributed by atoms with Crippen LogP contribution in [0.3, 0.4) is 0 Å². The fraction of sp³-hybridized carbons (Fsp3) is 0.280. The zero-order valence-corrected chi connectivity index (χ0v) is 17.1. The zero-order chi connectivity index (χ0) is 18.4. The van der Waals surface area contributed by atoms with Gasteiger partial charge in [0.1, 0.15) is 0 Å². The highest BCUT2D eigenvalue weighted by atomic mass is 28.2. The van der Waals surface area contributed by atoms with E-state index in [9.17, 15) is 0 Å². The van der Waals surface area contributed by atoms with Gasteiger partial charge in [-0.25, -0.2) is 0 Å². The summed E-state index contributed by atoms with van der Waals surface area (Å²) in [6, 6.07) is 28.2. The van der Waals surface area contributed by atoms with Crippen LogP contribution in [-0.2, 0) is 18.9 Å². The van der Waals surface area contributed by atoms with Gasteiger partial charge in [0.15, 0.2) is 0 Å². The highest BCUT2D eigenvalue weighted by Crippen LogP contribution is 2.17. The molecule has 0 amide bonds. The summed E-state index contributed by atoms with van der Waals surface area (Å²) in [5.41, 5.74) is 9.20. The van der Waals surface area contributed by atoms with Crippen molar-refractivity contribution >= 4 is 9.52 Å². The summed E-state index contributed by atoms with van der Waals surface area (Å²) < 4.78 is 0. The Kier molecular flexibility index (Phi) is 6.46.